The highest BCUT2D eigenvalue weighted by Gasteiger charge is 2.28. The summed E-state index contributed by atoms with van der Waals surface area (Å²) >= 11 is 1.50. The van der Waals surface area contributed by atoms with Gasteiger partial charge in [-0.2, -0.15) is 0 Å². The zero-order valence-electron chi connectivity index (χ0n) is 14.4. The van der Waals surface area contributed by atoms with E-state index in [2.05, 4.69) is 15.3 Å². The molecule has 1 atom stereocenters. The molecule has 134 valence electrons. The fourth-order valence-electron chi connectivity index (χ4n) is 3.31. The smallest absolute Gasteiger partial charge is 0.273 e. The molecule has 0 radical (unpaired) electrons. The largest absolute Gasteiger partial charge is 0.352 e. The zero-order valence-corrected chi connectivity index (χ0v) is 15.2. The van der Waals surface area contributed by atoms with E-state index in [-0.39, 0.29) is 17.9 Å². The van der Waals surface area contributed by atoms with Crippen LogP contribution in [0.4, 0.5) is 0 Å². The van der Waals surface area contributed by atoms with E-state index in [9.17, 15) is 9.59 Å². The molecule has 4 heterocycles. The van der Waals surface area contributed by atoms with Crippen LogP contribution in [0.2, 0.25) is 0 Å². The first kappa shape index (κ1) is 16.7. The second-order valence-corrected chi connectivity index (χ2v) is 7.32. The van der Waals surface area contributed by atoms with Crippen LogP contribution < -0.4 is 5.32 Å². The maximum Gasteiger partial charge on any atom is 0.273 e. The van der Waals surface area contributed by atoms with Crippen molar-refractivity contribution in [1.29, 1.82) is 0 Å². The number of aromatic nitrogens is 3. The minimum Gasteiger partial charge on any atom is -0.352 e. The number of rotatable bonds is 5. The topological polar surface area (TPSA) is 79.6 Å². The van der Waals surface area contributed by atoms with Gasteiger partial charge in [-0.3, -0.25) is 19.0 Å². The summed E-state index contributed by atoms with van der Waals surface area (Å²) in [4.78, 5) is 36.1. The van der Waals surface area contributed by atoms with Gasteiger partial charge in [-0.25, -0.2) is 4.98 Å². The molecule has 1 aliphatic heterocycles. The second kappa shape index (κ2) is 6.87. The van der Waals surface area contributed by atoms with Gasteiger partial charge in [-0.15, -0.1) is 11.3 Å². The Morgan fingerprint density at radius 1 is 1.50 bits per heavy atom. The van der Waals surface area contributed by atoms with Gasteiger partial charge in [0.1, 0.15) is 5.69 Å². The van der Waals surface area contributed by atoms with Crippen LogP contribution in [0, 0.1) is 6.92 Å². The Morgan fingerprint density at radius 2 is 2.38 bits per heavy atom. The number of pyridine rings is 1. The number of fused-ring (bicyclic) bond motifs is 1. The van der Waals surface area contributed by atoms with Crippen LogP contribution in [0.5, 0.6) is 0 Å². The molecule has 4 rings (SSSR count). The summed E-state index contributed by atoms with van der Waals surface area (Å²) in [5, 5.41) is 4.87. The number of imidazole rings is 1. The standard InChI is InChI=1S/C18H19N5O2S/c1-12-16(23-7-8-26-18(23)20-12)17(25)22(10-13-3-2-6-19-9-13)11-14-4-5-15(24)21-14/h2-3,6-9,14H,4-5,10-11H2,1H3,(H,21,24)/t14-/m0/s1. The molecule has 0 aliphatic carbocycles. The van der Waals surface area contributed by atoms with E-state index in [1.807, 2.05) is 35.0 Å². The molecular weight excluding hydrogens is 350 g/mol. The molecule has 7 nitrogen and oxygen atoms in total. The number of carbonyl (C=O) groups excluding carboxylic acids is 2. The van der Waals surface area contributed by atoms with E-state index in [0.717, 1.165) is 16.9 Å². The summed E-state index contributed by atoms with van der Waals surface area (Å²) in [5.41, 5.74) is 2.25. The zero-order chi connectivity index (χ0) is 18.1. The molecule has 3 aromatic rings. The first-order chi connectivity index (χ1) is 12.6. The Bertz CT molecular complexity index is 949. The lowest BCUT2D eigenvalue weighted by molar-refractivity contribution is -0.119. The van der Waals surface area contributed by atoms with Gasteiger partial charge in [0.05, 0.1) is 5.69 Å². The van der Waals surface area contributed by atoms with Crippen LogP contribution in [0.25, 0.3) is 4.96 Å². The second-order valence-electron chi connectivity index (χ2n) is 6.45. The van der Waals surface area contributed by atoms with Crippen LogP contribution in [0.15, 0.2) is 36.1 Å². The number of thiazole rings is 1. The molecule has 0 spiro atoms. The number of hydrogen-bond acceptors (Lipinski definition) is 5. The lowest BCUT2D eigenvalue weighted by Crippen LogP contribution is -2.42. The summed E-state index contributed by atoms with van der Waals surface area (Å²) in [5.74, 6) is -0.0389. The number of amides is 2. The van der Waals surface area contributed by atoms with Gasteiger partial charge in [-0.1, -0.05) is 6.07 Å². The van der Waals surface area contributed by atoms with Crippen LogP contribution in [0.1, 0.15) is 34.6 Å². The van der Waals surface area contributed by atoms with E-state index in [1.54, 1.807) is 17.3 Å². The van der Waals surface area contributed by atoms with E-state index in [1.165, 1.54) is 11.3 Å². The van der Waals surface area contributed by atoms with Gasteiger partial charge < -0.3 is 10.2 Å². The minimum absolute atomic E-state index is 0.0192. The van der Waals surface area contributed by atoms with Crippen molar-refractivity contribution in [1.82, 2.24) is 24.6 Å². The van der Waals surface area contributed by atoms with Crippen molar-refractivity contribution < 1.29 is 9.59 Å². The number of hydrogen-bond donors (Lipinski definition) is 1. The van der Waals surface area contributed by atoms with E-state index in [0.29, 0.717) is 30.9 Å². The molecule has 2 amide bonds. The third-order valence-corrected chi connectivity index (χ3v) is 5.30. The fraction of sp³-hybridized carbons (Fsp3) is 0.333. The molecule has 1 aliphatic rings. The summed E-state index contributed by atoms with van der Waals surface area (Å²) < 4.78 is 1.84. The van der Waals surface area contributed by atoms with E-state index >= 15 is 0 Å². The molecule has 1 saturated heterocycles. The van der Waals surface area contributed by atoms with Gasteiger partial charge in [-0.05, 0) is 25.0 Å². The van der Waals surface area contributed by atoms with Gasteiger partial charge >= 0.3 is 0 Å². The fourth-order valence-corrected chi connectivity index (χ4v) is 4.07. The third kappa shape index (κ3) is 3.20. The van der Waals surface area contributed by atoms with Crippen LogP contribution in [0.3, 0.4) is 0 Å². The molecule has 0 unspecified atom stereocenters. The Hall–Kier alpha value is -2.74. The number of carbonyl (C=O) groups is 2. The molecule has 3 aromatic heterocycles. The molecular formula is C18H19N5O2S. The van der Waals surface area contributed by atoms with Crippen LogP contribution >= 0.6 is 11.3 Å². The molecule has 1 fully saturated rings. The van der Waals surface area contributed by atoms with E-state index in [4.69, 9.17) is 0 Å². The normalized spacial score (nSPS) is 16.8. The average Bonchev–Trinajstić information content (AvgIpc) is 3.31. The molecule has 0 saturated carbocycles. The van der Waals surface area contributed by atoms with Crippen LogP contribution in [-0.2, 0) is 11.3 Å². The Kier molecular flexibility index (Phi) is 4.42. The van der Waals surface area contributed by atoms with E-state index < -0.39 is 0 Å². The van der Waals surface area contributed by atoms with Gasteiger partial charge in [0.15, 0.2) is 4.96 Å². The van der Waals surface area contributed by atoms with Crippen molar-refractivity contribution in [3.8, 4) is 0 Å². The van der Waals surface area contributed by atoms with Gasteiger partial charge in [0.2, 0.25) is 5.91 Å². The average molecular weight is 369 g/mol. The van der Waals surface area contributed by atoms with Gasteiger partial charge in [0, 0.05) is 49.5 Å². The molecule has 8 heteroatoms. The molecule has 26 heavy (non-hydrogen) atoms. The highest BCUT2D eigenvalue weighted by Crippen LogP contribution is 2.20. The van der Waals surface area contributed by atoms with Crippen molar-refractivity contribution in [3.05, 3.63) is 53.1 Å². The maximum absolute atomic E-state index is 13.3. The monoisotopic (exact) mass is 369 g/mol. The number of aryl methyl sites for hydroxylation is 1. The first-order valence-corrected chi connectivity index (χ1v) is 9.39. The lowest BCUT2D eigenvalue weighted by atomic mass is 10.1. The van der Waals surface area contributed by atoms with Crippen molar-refractivity contribution in [2.75, 3.05) is 6.54 Å². The summed E-state index contributed by atoms with van der Waals surface area (Å²) in [6.07, 6.45) is 6.60. The highest BCUT2D eigenvalue weighted by atomic mass is 32.1. The summed E-state index contributed by atoms with van der Waals surface area (Å²) in [6, 6.07) is 3.79. The number of nitrogens with one attached hydrogen (secondary N) is 1. The number of nitrogens with zero attached hydrogens (tertiary/aromatic N) is 4. The SMILES string of the molecule is Cc1nc2sccn2c1C(=O)N(Cc1cccnc1)C[C@@H]1CCC(=O)N1. The Balaban J connectivity index is 1.64. The molecule has 0 aromatic carbocycles. The Labute approximate surface area is 154 Å². The molecule has 0 bridgehead atoms. The maximum atomic E-state index is 13.3. The quantitative estimate of drug-likeness (QED) is 0.746. The van der Waals surface area contributed by atoms with Crippen molar-refractivity contribution in [3.63, 3.8) is 0 Å². The van der Waals surface area contributed by atoms with Crippen molar-refractivity contribution in [2.24, 2.45) is 0 Å². The van der Waals surface area contributed by atoms with Gasteiger partial charge in [0.25, 0.3) is 5.91 Å². The predicted octanol–water partition coefficient (Wildman–Crippen LogP) is 2.02. The summed E-state index contributed by atoms with van der Waals surface area (Å²) in [6.45, 7) is 2.76. The predicted molar refractivity (Wildman–Crippen MR) is 97.9 cm³/mol. The minimum atomic E-state index is -0.0848. The van der Waals surface area contributed by atoms with Crippen molar-refractivity contribution >= 4 is 28.1 Å². The Morgan fingerprint density at radius 3 is 3.12 bits per heavy atom. The van der Waals surface area contributed by atoms with Crippen molar-refractivity contribution in [2.45, 2.75) is 32.4 Å². The first-order valence-electron chi connectivity index (χ1n) is 8.51. The van der Waals surface area contributed by atoms with Crippen LogP contribution in [-0.4, -0.2) is 43.7 Å². The third-order valence-electron chi connectivity index (χ3n) is 4.55. The highest BCUT2D eigenvalue weighted by molar-refractivity contribution is 7.15. The molecule has 1 N–H and O–H groups in total. The summed E-state index contributed by atoms with van der Waals surface area (Å²) in [7, 11) is 0. The lowest BCUT2D eigenvalue weighted by Gasteiger charge is -2.26.